The Morgan fingerprint density at radius 1 is 1.15 bits per heavy atom. The molecule has 0 aliphatic carbocycles. The Morgan fingerprint density at radius 3 is 2.52 bits per heavy atom. The molecule has 0 radical (unpaired) electrons. The van der Waals surface area contributed by atoms with Crippen LogP contribution in [0.5, 0.6) is 5.75 Å². The molecule has 2 aromatic rings. The number of hydrogen-bond donors (Lipinski definition) is 3. The molecule has 2 rings (SSSR count). The van der Waals surface area contributed by atoms with Crippen molar-refractivity contribution in [3.05, 3.63) is 64.2 Å². The third-order valence-electron chi connectivity index (χ3n) is 5.11. The third-order valence-corrected chi connectivity index (χ3v) is 5.11. The summed E-state index contributed by atoms with van der Waals surface area (Å²) in [5.41, 5.74) is 4.48. The van der Waals surface area contributed by atoms with E-state index in [1.54, 1.807) is 6.92 Å². The van der Waals surface area contributed by atoms with Crippen molar-refractivity contribution in [2.45, 2.75) is 52.8 Å². The summed E-state index contributed by atoms with van der Waals surface area (Å²) < 4.78 is 5.99. The van der Waals surface area contributed by atoms with Gasteiger partial charge in [0.2, 0.25) is 0 Å². The first-order valence-electron chi connectivity index (χ1n) is 9.13. The monoisotopic (exact) mass is 371 g/mol. The number of benzene rings is 2. The summed E-state index contributed by atoms with van der Waals surface area (Å²) in [5.74, 6) is -0.155. The van der Waals surface area contributed by atoms with E-state index in [1.165, 1.54) is 16.7 Å². The maximum absolute atomic E-state index is 11.4. The maximum atomic E-state index is 11.4. The molecule has 0 aliphatic rings. The Balaban J connectivity index is 2.02. The Hall–Kier alpha value is -2.37. The lowest BCUT2D eigenvalue weighted by atomic mass is 9.98. The number of ether oxygens (including phenoxy) is 1. The molecule has 0 unspecified atom stereocenters. The van der Waals surface area contributed by atoms with Gasteiger partial charge in [0.05, 0.1) is 0 Å². The van der Waals surface area contributed by atoms with Crippen molar-refractivity contribution >= 4 is 5.97 Å². The van der Waals surface area contributed by atoms with Gasteiger partial charge in [-0.05, 0) is 68.0 Å². The summed E-state index contributed by atoms with van der Waals surface area (Å²) in [6.45, 7) is 8.49. The lowest BCUT2D eigenvalue weighted by Crippen LogP contribution is -2.49. The Morgan fingerprint density at radius 2 is 1.89 bits per heavy atom. The van der Waals surface area contributed by atoms with E-state index in [-0.39, 0.29) is 13.0 Å². The summed E-state index contributed by atoms with van der Waals surface area (Å²) in [7, 11) is 0. The second-order valence-electron chi connectivity index (χ2n) is 7.21. The van der Waals surface area contributed by atoms with Crippen LogP contribution in [0.1, 0.15) is 41.2 Å². The molecule has 2 aromatic carbocycles. The average Bonchev–Trinajstić information content (AvgIpc) is 2.62. The highest BCUT2D eigenvalue weighted by Gasteiger charge is 2.31. The number of hydrogen-bond acceptors (Lipinski definition) is 4. The predicted molar refractivity (Wildman–Crippen MR) is 106 cm³/mol. The first-order valence-corrected chi connectivity index (χ1v) is 9.13. The van der Waals surface area contributed by atoms with Gasteiger partial charge in [0, 0.05) is 13.2 Å². The number of nitrogens with one attached hydrogen (secondary N) is 1. The SMILES string of the molecule is Cc1cc(CN[C@@](C)(CCO)C(=O)O)ccc1OCc1cccc(C)c1C. The van der Waals surface area contributed by atoms with Gasteiger partial charge in [0.15, 0.2) is 0 Å². The fraction of sp³-hybridized carbons (Fsp3) is 0.409. The van der Waals surface area contributed by atoms with Crippen molar-refractivity contribution in [1.29, 1.82) is 0 Å². The van der Waals surface area contributed by atoms with Crippen molar-refractivity contribution < 1.29 is 19.7 Å². The largest absolute Gasteiger partial charge is 0.489 e. The first-order chi connectivity index (χ1) is 12.8. The maximum Gasteiger partial charge on any atom is 0.323 e. The molecule has 0 spiro atoms. The summed E-state index contributed by atoms with van der Waals surface area (Å²) >= 11 is 0. The molecule has 27 heavy (non-hydrogen) atoms. The number of aliphatic hydroxyl groups is 1. The molecule has 5 heteroatoms. The fourth-order valence-electron chi connectivity index (χ4n) is 2.90. The van der Waals surface area contributed by atoms with E-state index in [0.717, 1.165) is 16.9 Å². The second-order valence-corrected chi connectivity index (χ2v) is 7.21. The van der Waals surface area contributed by atoms with E-state index in [1.807, 2.05) is 31.2 Å². The standard InChI is InChI=1S/C22H29NO4/c1-15-6-5-7-19(17(15)3)14-27-20-9-8-18(12-16(20)2)13-23-22(4,10-11-24)21(25)26/h5-9,12,23-24H,10-11,13-14H2,1-4H3,(H,25,26)/t22-/m0/s1. The second kappa shape index (κ2) is 9.02. The van der Waals surface area contributed by atoms with E-state index in [4.69, 9.17) is 9.84 Å². The molecular weight excluding hydrogens is 342 g/mol. The highest BCUT2D eigenvalue weighted by atomic mass is 16.5. The van der Waals surface area contributed by atoms with E-state index >= 15 is 0 Å². The number of aliphatic carboxylic acids is 1. The molecule has 3 N–H and O–H groups in total. The highest BCUT2D eigenvalue weighted by molar-refractivity contribution is 5.78. The Bertz CT molecular complexity index is 803. The molecule has 5 nitrogen and oxygen atoms in total. The average molecular weight is 371 g/mol. The molecule has 146 valence electrons. The Kier molecular flexibility index (Phi) is 6.99. The number of carbonyl (C=O) groups is 1. The zero-order chi connectivity index (χ0) is 20.0. The topological polar surface area (TPSA) is 78.8 Å². The van der Waals surface area contributed by atoms with Gasteiger partial charge in [-0.15, -0.1) is 0 Å². The molecule has 0 aromatic heterocycles. The molecule has 0 amide bonds. The zero-order valence-corrected chi connectivity index (χ0v) is 16.5. The molecular formula is C22H29NO4. The molecule has 0 aliphatic heterocycles. The van der Waals surface area contributed by atoms with Gasteiger partial charge in [-0.3, -0.25) is 10.1 Å². The van der Waals surface area contributed by atoms with Crippen LogP contribution in [0.3, 0.4) is 0 Å². The van der Waals surface area contributed by atoms with Crippen LogP contribution in [0.4, 0.5) is 0 Å². The fourth-order valence-corrected chi connectivity index (χ4v) is 2.90. The van der Waals surface area contributed by atoms with Crippen LogP contribution in [0, 0.1) is 20.8 Å². The highest BCUT2D eigenvalue weighted by Crippen LogP contribution is 2.22. The van der Waals surface area contributed by atoms with Crippen molar-refractivity contribution in [3.8, 4) is 5.75 Å². The van der Waals surface area contributed by atoms with Gasteiger partial charge < -0.3 is 14.9 Å². The predicted octanol–water partition coefficient (Wildman–Crippen LogP) is 3.51. The summed E-state index contributed by atoms with van der Waals surface area (Å²) in [6, 6.07) is 12.0. The van der Waals surface area contributed by atoms with Gasteiger partial charge >= 0.3 is 5.97 Å². The van der Waals surface area contributed by atoms with Gasteiger partial charge in [0.1, 0.15) is 17.9 Å². The van der Waals surface area contributed by atoms with Crippen LogP contribution in [-0.4, -0.2) is 28.3 Å². The normalized spacial score (nSPS) is 13.2. The number of carboxylic acid groups (broad SMARTS) is 1. The lowest BCUT2D eigenvalue weighted by Gasteiger charge is -2.25. The van der Waals surface area contributed by atoms with Crippen LogP contribution in [-0.2, 0) is 17.9 Å². The summed E-state index contributed by atoms with van der Waals surface area (Å²) in [4.78, 5) is 11.4. The number of carboxylic acids is 1. The van der Waals surface area contributed by atoms with E-state index in [0.29, 0.717) is 13.2 Å². The Labute approximate surface area is 161 Å². The van der Waals surface area contributed by atoms with Crippen LogP contribution in [0.25, 0.3) is 0 Å². The van der Waals surface area contributed by atoms with Gasteiger partial charge in [0.25, 0.3) is 0 Å². The molecule has 0 heterocycles. The molecule has 1 atom stereocenters. The quantitative estimate of drug-likeness (QED) is 0.629. The summed E-state index contributed by atoms with van der Waals surface area (Å²) in [6.07, 6.45) is 0.151. The minimum absolute atomic E-state index is 0.151. The molecule has 0 saturated carbocycles. The van der Waals surface area contributed by atoms with Gasteiger partial charge in [-0.2, -0.15) is 0 Å². The first kappa shape index (κ1) is 20.9. The van der Waals surface area contributed by atoms with E-state index in [9.17, 15) is 9.90 Å². The minimum atomic E-state index is -1.15. The van der Waals surface area contributed by atoms with Crippen molar-refractivity contribution in [3.63, 3.8) is 0 Å². The van der Waals surface area contributed by atoms with Crippen molar-refractivity contribution in [1.82, 2.24) is 5.32 Å². The van der Waals surface area contributed by atoms with Crippen LogP contribution < -0.4 is 10.1 Å². The zero-order valence-electron chi connectivity index (χ0n) is 16.5. The van der Waals surface area contributed by atoms with Gasteiger partial charge in [-0.1, -0.05) is 30.3 Å². The van der Waals surface area contributed by atoms with Crippen LogP contribution in [0.15, 0.2) is 36.4 Å². The minimum Gasteiger partial charge on any atom is -0.489 e. The number of aryl methyl sites for hydroxylation is 2. The lowest BCUT2D eigenvalue weighted by molar-refractivity contribution is -0.145. The van der Waals surface area contributed by atoms with E-state index in [2.05, 4.69) is 31.3 Å². The van der Waals surface area contributed by atoms with E-state index < -0.39 is 11.5 Å². The smallest absolute Gasteiger partial charge is 0.323 e. The van der Waals surface area contributed by atoms with Crippen LogP contribution >= 0.6 is 0 Å². The van der Waals surface area contributed by atoms with Gasteiger partial charge in [-0.25, -0.2) is 0 Å². The van der Waals surface area contributed by atoms with Crippen LogP contribution in [0.2, 0.25) is 0 Å². The molecule has 0 fully saturated rings. The summed E-state index contributed by atoms with van der Waals surface area (Å²) in [5, 5.41) is 21.5. The number of rotatable bonds is 9. The van der Waals surface area contributed by atoms with Crippen molar-refractivity contribution in [2.75, 3.05) is 6.61 Å². The number of aliphatic hydroxyl groups excluding tert-OH is 1. The molecule has 0 bridgehead atoms. The third kappa shape index (κ3) is 5.31. The van der Waals surface area contributed by atoms with Crippen molar-refractivity contribution in [2.24, 2.45) is 0 Å². The molecule has 0 saturated heterocycles.